The third kappa shape index (κ3) is 5.71. The van der Waals surface area contributed by atoms with Crippen molar-refractivity contribution < 1.29 is 0 Å². The fourth-order valence-electron chi connectivity index (χ4n) is 8.69. The smallest absolute Gasteiger partial charge is 0.0701 e. The van der Waals surface area contributed by atoms with Gasteiger partial charge in [0, 0.05) is 11.9 Å². The van der Waals surface area contributed by atoms with Gasteiger partial charge in [0.15, 0.2) is 0 Å². The van der Waals surface area contributed by atoms with Crippen LogP contribution in [0.5, 0.6) is 0 Å². The third-order valence-electron chi connectivity index (χ3n) is 11.2. The number of nitrogens with one attached hydrogen (secondary N) is 2. The van der Waals surface area contributed by atoms with E-state index in [1.54, 1.807) is 0 Å². The Morgan fingerprint density at radius 2 is 1.07 bits per heavy atom. The molecule has 0 bridgehead atoms. The second kappa shape index (κ2) is 14.2. The first-order chi connectivity index (χ1) is 27.8. The Morgan fingerprint density at radius 3 is 1.71 bits per heavy atom. The van der Waals surface area contributed by atoms with Gasteiger partial charge in [-0.2, -0.15) is 0 Å². The van der Waals surface area contributed by atoms with Crippen molar-refractivity contribution in [1.82, 2.24) is 5.32 Å². The monoisotopic (exact) mass is 714 g/mol. The standard InChI is InChI=1S/C54H38N2/c55-35-41(21-12-22-42-23-13-28-49(56-42)38-15-4-1-5-16-38)36-29-31-37(32-30-36)43-33-34-48-52-44(43)26-14-27-47(52)53-50(39-17-6-2-7-18-39)45-24-10-11-25-46(45)51(54(48)53)40-19-8-3-9-20-40/h1-35,49,55-56H/b22-12+,41-21+,55-35?. The molecule has 1 atom stereocenters. The summed E-state index contributed by atoms with van der Waals surface area (Å²) >= 11 is 0. The van der Waals surface area contributed by atoms with E-state index in [9.17, 15) is 0 Å². The number of fused-ring (bicyclic) bond motifs is 4. The van der Waals surface area contributed by atoms with Gasteiger partial charge < -0.3 is 10.7 Å². The molecule has 56 heavy (non-hydrogen) atoms. The van der Waals surface area contributed by atoms with Crippen molar-refractivity contribution >= 4 is 33.3 Å². The summed E-state index contributed by atoms with van der Waals surface area (Å²) in [5, 5.41) is 16.9. The SMILES string of the molecule is N=C/C(=C\C=C\C1=CC=CC(c2ccccc2)N1)c1ccc(-c2ccc3c4c(cccc24)-c2c-3c(-c3ccccc3)c3ccccc3c2-c2ccccc2)cc1. The number of hydrogen-bond donors (Lipinski definition) is 2. The van der Waals surface area contributed by atoms with Crippen LogP contribution in [-0.4, -0.2) is 6.21 Å². The zero-order valence-corrected chi connectivity index (χ0v) is 30.8. The Kier molecular flexibility index (Phi) is 8.42. The molecule has 0 amide bonds. The molecule has 264 valence electrons. The van der Waals surface area contributed by atoms with Gasteiger partial charge in [-0.3, -0.25) is 0 Å². The predicted octanol–water partition coefficient (Wildman–Crippen LogP) is 14.0. The van der Waals surface area contributed by atoms with Crippen LogP contribution in [-0.2, 0) is 0 Å². The second-order valence-electron chi connectivity index (χ2n) is 14.4. The van der Waals surface area contributed by atoms with Crippen LogP contribution in [0.1, 0.15) is 17.2 Å². The van der Waals surface area contributed by atoms with E-state index in [0.29, 0.717) is 0 Å². The van der Waals surface area contributed by atoms with E-state index in [-0.39, 0.29) is 6.04 Å². The second-order valence-corrected chi connectivity index (χ2v) is 14.4. The predicted molar refractivity (Wildman–Crippen MR) is 238 cm³/mol. The Hall–Kier alpha value is -7.29. The van der Waals surface area contributed by atoms with Crippen molar-refractivity contribution in [1.29, 1.82) is 5.41 Å². The molecule has 8 aromatic rings. The van der Waals surface area contributed by atoms with Crippen molar-refractivity contribution in [2.45, 2.75) is 6.04 Å². The molecular formula is C54H38N2. The molecule has 0 fully saturated rings. The molecule has 10 rings (SSSR count). The Morgan fingerprint density at radius 1 is 0.500 bits per heavy atom. The zero-order valence-electron chi connectivity index (χ0n) is 30.8. The van der Waals surface area contributed by atoms with Crippen molar-refractivity contribution in [3.63, 3.8) is 0 Å². The zero-order chi connectivity index (χ0) is 37.4. The van der Waals surface area contributed by atoms with Gasteiger partial charge in [0.2, 0.25) is 0 Å². The highest BCUT2D eigenvalue weighted by atomic mass is 14.9. The molecule has 0 aromatic heterocycles. The van der Waals surface area contributed by atoms with E-state index in [1.165, 1.54) is 83.4 Å². The fourth-order valence-corrected chi connectivity index (χ4v) is 8.69. The third-order valence-corrected chi connectivity index (χ3v) is 11.2. The molecule has 2 aliphatic rings. The first kappa shape index (κ1) is 33.3. The molecule has 2 nitrogen and oxygen atoms in total. The molecule has 0 saturated carbocycles. The average molecular weight is 715 g/mol. The van der Waals surface area contributed by atoms with Gasteiger partial charge in [-0.05, 0) is 106 Å². The number of benzene rings is 8. The van der Waals surface area contributed by atoms with Gasteiger partial charge in [-0.25, -0.2) is 0 Å². The van der Waals surface area contributed by atoms with Crippen molar-refractivity contribution in [2.24, 2.45) is 0 Å². The van der Waals surface area contributed by atoms with Crippen molar-refractivity contribution in [2.75, 3.05) is 0 Å². The van der Waals surface area contributed by atoms with E-state index in [0.717, 1.165) is 22.4 Å². The molecule has 0 radical (unpaired) electrons. The van der Waals surface area contributed by atoms with Gasteiger partial charge in [0.05, 0.1) is 6.04 Å². The number of allylic oxidation sites excluding steroid dienone is 6. The number of dihydropyridines is 1. The maximum atomic E-state index is 8.25. The number of rotatable bonds is 8. The summed E-state index contributed by atoms with van der Waals surface area (Å²) in [4.78, 5) is 0. The Balaban J connectivity index is 1.04. The summed E-state index contributed by atoms with van der Waals surface area (Å²) in [5.41, 5.74) is 16.7. The lowest BCUT2D eigenvalue weighted by molar-refractivity contribution is 0.719. The minimum absolute atomic E-state index is 0.135. The summed E-state index contributed by atoms with van der Waals surface area (Å²) < 4.78 is 0. The summed E-state index contributed by atoms with van der Waals surface area (Å²) in [6.45, 7) is 0. The molecule has 2 heteroatoms. The van der Waals surface area contributed by atoms with E-state index < -0.39 is 0 Å². The summed E-state index contributed by atoms with van der Waals surface area (Å²) in [7, 11) is 0. The normalized spacial score (nSPS) is 14.5. The molecule has 1 aliphatic carbocycles. The van der Waals surface area contributed by atoms with E-state index in [1.807, 2.05) is 18.2 Å². The molecule has 0 saturated heterocycles. The van der Waals surface area contributed by atoms with Gasteiger partial charge in [-0.15, -0.1) is 0 Å². The molecule has 2 N–H and O–H groups in total. The van der Waals surface area contributed by atoms with E-state index in [4.69, 9.17) is 5.41 Å². The minimum Gasteiger partial charge on any atom is -0.375 e. The van der Waals surface area contributed by atoms with Gasteiger partial charge in [0.1, 0.15) is 0 Å². The first-order valence-corrected chi connectivity index (χ1v) is 19.2. The summed E-state index contributed by atoms with van der Waals surface area (Å²) in [5.74, 6) is 0. The topological polar surface area (TPSA) is 35.9 Å². The highest BCUT2D eigenvalue weighted by Crippen LogP contribution is 2.58. The molecule has 1 aliphatic heterocycles. The van der Waals surface area contributed by atoms with E-state index >= 15 is 0 Å². The lowest BCUT2D eigenvalue weighted by atomic mass is 9.82. The first-order valence-electron chi connectivity index (χ1n) is 19.2. The van der Waals surface area contributed by atoms with Crippen LogP contribution in [0, 0.1) is 5.41 Å². The largest absolute Gasteiger partial charge is 0.375 e. The Labute approximate surface area is 327 Å². The minimum atomic E-state index is 0.135. The maximum absolute atomic E-state index is 8.25. The average Bonchev–Trinajstić information content (AvgIpc) is 3.60. The molecule has 1 heterocycles. The summed E-state index contributed by atoms with van der Waals surface area (Å²) in [6, 6.07) is 61.4. The molecule has 1 unspecified atom stereocenters. The highest BCUT2D eigenvalue weighted by molar-refractivity contribution is 6.28. The lowest BCUT2D eigenvalue weighted by Crippen LogP contribution is -2.20. The molecule has 8 aromatic carbocycles. The van der Waals surface area contributed by atoms with Gasteiger partial charge in [-0.1, -0.05) is 194 Å². The van der Waals surface area contributed by atoms with Crippen LogP contribution in [0.25, 0.3) is 82.8 Å². The maximum Gasteiger partial charge on any atom is 0.0701 e. The van der Waals surface area contributed by atoms with Crippen LogP contribution < -0.4 is 5.32 Å². The molecule has 0 spiro atoms. The van der Waals surface area contributed by atoms with Crippen molar-refractivity contribution in [3.05, 3.63) is 223 Å². The fraction of sp³-hybridized carbons (Fsp3) is 0.0185. The van der Waals surface area contributed by atoms with Crippen molar-refractivity contribution in [3.8, 4) is 55.6 Å². The van der Waals surface area contributed by atoms with Crippen LogP contribution in [0.15, 0.2) is 212 Å². The van der Waals surface area contributed by atoms with Crippen LogP contribution >= 0.6 is 0 Å². The van der Waals surface area contributed by atoms with Crippen LogP contribution in [0.4, 0.5) is 0 Å². The summed E-state index contributed by atoms with van der Waals surface area (Å²) in [6.07, 6.45) is 13.9. The van der Waals surface area contributed by atoms with Crippen LogP contribution in [0.3, 0.4) is 0 Å². The quantitative estimate of drug-likeness (QED) is 0.119. The number of hydrogen-bond acceptors (Lipinski definition) is 2. The van der Waals surface area contributed by atoms with Crippen LogP contribution in [0.2, 0.25) is 0 Å². The lowest BCUT2D eigenvalue weighted by Gasteiger charge is -2.20. The van der Waals surface area contributed by atoms with Gasteiger partial charge >= 0.3 is 0 Å². The van der Waals surface area contributed by atoms with Gasteiger partial charge in [0.25, 0.3) is 0 Å². The Bertz CT molecular complexity index is 2820. The highest BCUT2D eigenvalue weighted by Gasteiger charge is 2.31. The molecular weight excluding hydrogens is 677 g/mol. The van der Waals surface area contributed by atoms with E-state index in [2.05, 4.69) is 193 Å².